The molecule has 4 nitrogen and oxygen atoms in total. The second-order valence-corrected chi connectivity index (χ2v) is 5.53. The van der Waals surface area contributed by atoms with Gasteiger partial charge in [-0.3, -0.25) is 9.69 Å². The summed E-state index contributed by atoms with van der Waals surface area (Å²) in [6.45, 7) is 6.29. The first-order valence-electron chi connectivity index (χ1n) is 7.63. The van der Waals surface area contributed by atoms with Crippen molar-refractivity contribution in [1.29, 1.82) is 0 Å². The highest BCUT2D eigenvalue weighted by Gasteiger charge is 2.21. The van der Waals surface area contributed by atoms with Crippen molar-refractivity contribution in [2.24, 2.45) is 0 Å². The van der Waals surface area contributed by atoms with Crippen molar-refractivity contribution in [1.82, 2.24) is 10.2 Å². The maximum atomic E-state index is 13.3. The Balaban J connectivity index is 1.96. The summed E-state index contributed by atoms with van der Waals surface area (Å²) in [7, 11) is 0. The van der Waals surface area contributed by atoms with Gasteiger partial charge in [0, 0.05) is 26.2 Å². The Labute approximate surface area is 131 Å². The molecular formula is C17H23FN2O2. The van der Waals surface area contributed by atoms with Crippen LogP contribution in [0.2, 0.25) is 0 Å². The summed E-state index contributed by atoms with van der Waals surface area (Å²) in [5.41, 5.74) is 0.856. The van der Waals surface area contributed by atoms with Crippen LogP contribution in [0.25, 0.3) is 0 Å². The highest BCUT2D eigenvalue weighted by atomic mass is 19.1. The number of nitrogens with zero attached hydrogens (tertiary/aromatic N) is 1. The van der Waals surface area contributed by atoms with Crippen LogP contribution in [0.15, 0.2) is 36.9 Å². The summed E-state index contributed by atoms with van der Waals surface area (Å²) in [5.74, 6) is -0.319. The summed E-state index contributed by atoms with van der Waals surface area (Å²) in [5, 5.41) is 2.77. The molecule has 1 atom stereocenters. The molecule has 1 aliphatic heterocycles. The Morgan fingerprint density at radius 3 is 3.09 bits per heavy atom. The van der Waals surface area contributed by atoms with E-state index in [1.165, 1.54) is 12.1 Å². The maximum Gasteiger partial charge on any atom is 0.234 e. The number of amides is 1. The minimum absolute atomic E-state index is 0.0608. The van der Waals surface area contributed by atoms with E-state index in [1.54, 1.807) is 12.1 Å². The van der Waals surface area contributed by atoms with E-state index in [0.29, 0.717) is 19.6 Å². The lowest BCUT2D eigenvalue weighted by Crippen LogP contribution is -2.40. The average Bonchev–Trinajstić information content (AvgIpc) is 2.98. The van der Waals surface area contributed by atoms with Crippen molar-refractivity contribution in [3.8, 4) is 0 Å². The molecule has 22 heavy (non-hydrogen) atoms. The van der Waals surface area contributed by atoms with Gasteiger partial charge in [0.05, 0.1) is 12.6 Å². The van der Waals surface area contributed by atoms with Crippen LogP contribution in [0.1, 0.15) is 18.4 Å². The molecule has 1 aromatic carbocycles. The number of ether oxygens (including phenoxy) is 1. The third kappa shape index (κ3) is 5.58. The van der Waals surface area contributed by atoms with Crippen LogP contribution in [-0.2, 0) is 16.1 Å². The summed E-state index contributed by atoms with van der Waals surface area (Å²) in [4.78, 5) is 13.9. The van der Waals surface area contributed by atoms with Gasteiger partial charge in [0.1, 0.15) is 5.82 Å². The normalized spacial score (nSPS) is 17.6. The number of hydrogen-bond acceptors (Lipinski definition) is 3. The fraction of sp³-hybridized carbons (Fsp3) is 0.471. The molecule has 1 N–H and O–H groups in total. The van der Waals surface area contributed by atoms with E-state index in [0.717, 1.165) is 25.0 Å². The third-order valence-electron chi connectivity index (χ3n) is 3.59. The van der Waals surface area contributed by atoms with Gasteiger partial charge in [-0.05, 0) is 30.5 Å². The molecule has 0 aliphatic carbocycles. The first-order valence-corrected chi connectivity index (χ1v) is 7.63. The van der Waals surface area contributed by atoms with Gasteiger partial charge in [-0.1, -0.05) is 18.2 Å². The maximum absolute atomic E-state index is 13.3. The first kappa shape index (κ1) is 16.6. The highest BCUT2D eigenvalue weighted by molar-refractivity contribution is 5.78. The molecule has 1 unspecified atom stereocenters. The van der Waals surface area contributed by atoms with Crippen molar-refractivity contribution in [3.05, 3.63) is 48.3 Å². The molecule has 1 heterocycles. The van der Waals surface area contributed by atoms with Crippen LogP contribution in [0.4, 0.5) is 4.39 Å². The fourth-order valence-electron chi connectivity index (χ4n) is 2.60. The van der Waals surface area contributed by atoms with Gasteiger partial charge in [-0.2, -0.15) is 0 Å². The van der Waals surface area contributed by atoms with Crippen molar-refractivity contribution in [3.63, 3.8) is 0 Å². The van der Waals surface area contributed by atoms with Gasteiger partial charge in [0.15, 0.2) is 0 Å². The van der Waals surface area contributed by atoms with Crippen molar-refractivity contribution < 1.29 is 13.9 Å². The second-order valence-electron chi connectivity index (χ2n) is 5.53. The van der Waals surface area contributed by atoms with Crippen LogP contribution in [0, 0.1) is 5.82 Å². The molecule has 0 radical (unpaired) electrons. The van der Waals surface area contributed by atoms with E-state index in [9.17, 15) is 9.18 Å². The van der Waals surface area contributed by atoms with Crippen molar-refractivity contribution >= 4 is 5.91 Å². The number of halogens is 1. The summed E-state index contributed by atoms with van der Waals surface area (Å²) in [6.07, 6.45) is 3.87. The van der Waals surface area contributed by atoms with Crippen molar-refractivity contribution in [2.45, 2.75) is 25.5 Å². The Hall–Kier alpha value is -1.72. The van der Waals surface area contributed by atoms with Crippen molar-refractivity contribution in [2.75, 3.05) is 26.2 Å². The van der Waals surface area contributed by atoms with Crippen LogP contribution >= 0.6 is 0 Å². The van der Waals surface area contributed by atoms with Crippen LogP contribution in [0.3, 0.4) is 0 Å². The zero-order valence-corrected chi connectivity index (χ0v) is 12.8. The molecule has 1 saturated heterocycles. The van der Waals surface area contributed by atoms with Gasteiger partial charge in [0.2, 0.25) is 5.91 Å². The number of hydrogen-bond donors (Lipinski definition) is 1. The number of benzene rings is 1. The molecule has 0 spiro atoms. The van der Waals surface area contributed by atoms with Gasteiger partial charge in [-0.15, -0.1) is 6.58 Å². The standard InChI is InChI=1S/C17H23FN2O2/c1-2-8-19-17(21)13-20(12-16-7-4-9-22-16)11-14-5-3-6-15(18)10-14/h2-3,5-6,10,16H,1,4,7-9,11-13H2,(H,19,21). The Bertz CT molecular complexity index is 501. The second kappa shape index (κ2) is 8.66. The lowest BCUT2D eigenvalue weighted by molar-refractivity contribution is -0.122. The van der Waals surface area contributed by atoms with E-state index < -0.39 is 0 Å². The topological polar surface area (TPSA) is 41.6 Å². The lowest BCUT2D eigenvalue weighted by Gasteiger charge is -2.24. The minimum Gasteiger partial charge on any atom is -0.377 e. The quantitative estimate of drug-likeness (QED) is 0.748. The first-order chi connectivity index (χ1) is 10.7. The predicted octanol–water partition coefficient (Wildman–Crippen LogP) is 2.11. The predicted molar refractivity (Wildman–Crippen MR) is 83.9 cm³/mol. The number of carbonyl (C=O) groups is 1. The average molecular weight is 306 g/mol. The molecule has 5 heteroatoms. The molecule has 0 bridgehead atoms. The zero-order chi connectivity index (χ0) is 15.8. The molecular weight excluding hydrogens is 283 g/mol. The monoisotopic (exact) mass is 306 g/mol. The van der Waals surface area contributed by atoms with Gasteiger partial charge in [0.25, 0.3) is 0 Å². The van der Waals surface area contributed by atoms with Crippen LogP contribution in [0.5, 0.6) is 0 Å². The highest BCUT2D eigenvalue weighted by Crippen LogP contribution is 2.15. The van der Waals surface area contributed by atoms with Crippen LogP contribution < -0.4 is 5.32 Å². The molecule has 120 valence electrons. The lowest BCUT2D eigenvalue weighted by atomic mass is 10.1. The van der Waals surface area contributed by atoms with Gasteiger partial charge in [-0.25, -0.2) is 4.39 Å². The fourth-order valence-corrected chi connectivity index (χ4v) is 2.60. The SMILES string of the molecule is C=CCNC(=O)CN(Cc1cccc(F)c1)CC1CCCO1. The minimum atomic E-state index is -0.259. The summed E-state index contributed by atoms with van der Waals surface area (Å²) in [6, 6.07) is 6.48. The van der Waals surface area contributed by atoms with E-state index in [1.807, 2.05) is 11.0 Å². The Kier molecular flexibility index (Phi) is 6.55. The molecule has 1 aromatic rings. The van der Waals surface area contributed by atoms with E-state index in [4.69, 9.17) is 4.74 Å². The Morgan fingerprint density at radius 1 is 1.55 bits per heavy atom. The Morgan fingerprint density at radius 2 is 2.41 bits per heavy atom. The molecule has 0 saturated carbocycles. The largest absolute Gasteiger partial charge is 0.377 e. The van der Waals surface area contributed by atoms with E-state index in [-0.39, 0.29) is 24.4 Å². The molecule has 0 aromatic heterocycles. The van der Waals surface area contributed by atoms with Gasteiger partial charge < -0.3 is 10.1 Å². The van der Waals surface area contributed by atoms with Crippen LogP contribution in [-0.4, -0.2) is 43.2 Å². The number of rotatable bonds is 8. The smallest absolute Gasteiger partial charge is 0.234 e. The third-order valence-corrected chi connectivity index (χ3v) is 3.59. The molecule has 1 aliphatic rings. The summed E-state index contributed by atoms with van der Waals surface area (Å²) >= 11 is 0. The molecule has 2 rings (SSSR count). The molecule has 1 fully saturated rings. The molecule has 1 amide bonds. The number of carbonyl (C=O) groups excluding carboxylic acids is 1. The summed E-state index contributed by atoms with van der Waals surface area (Å²) < 4.78 is 19.0. The zero-order valence-electron chi connectivity index (χ0n) is 12.8. The van der Waals surface area contributed by atoms with Gasteiger partial charge >= 0.3 is 0 Å². The number of nitrogens with one attached hydrogen (secondary N) is 1. The van der Waals surface area contributed by atoms with E-state index in [2.05, 4.69) is 11.9 Å². The van der Waals surface area contributed by atoms with E-state index >= 15 is 0 Å².